The number of methoxy groups -OCH3 is 1. The Morgan fingerprint density at radius 2 is 2.00 bits per heavy atom. The standard InChI is InChI=1S/C20H19N3O5S/c1-3-28-19(25)16-14-8-9-23(20(26)27-2)11-15(14)29-18(16)22-17(24)13-6-4-12(10-21)5-7-13/h4-7H,3,8-9,11H2,1-2H3,(H,22,24). The number of anilines is 1. The SMILES string of the molecule is CCOC(=O)c1c(NC(=O)c2ccc(C#N)cc2)sc2c1CCN(C(=O)OC)C2. The topological polar surface area (TPSA) is 109 Å². The molecule has 8 nitrogen and oxygen atoms in total. The molecule has 0 unspecified atom stereocenters. The summed E-state index contributed by atoms with van der Waals surface area (Å²) < 4.78 is 9.96. The van der Waals surface area contributed by atoms with E-state index in [1.54, 1.807) is 36.1 Å². The maximum Gasteiger partial charge on any atom is 0.409 e. The summed E-state index contributed by atoms with van der Waals surface area (Å²) in [5.41, 5.74) is 1.92. The molecule has 2 amide bonds. The van der Waals surface area contributed by atoms with E-state index in [2.05, 4.69) is 5.32 Å². The second kappa shape index (κ2) is 8.75. The number of esters is 1. The van der Waals surface area contributed by atoms with Crippen LogP contribution in [0.15, 0.2) is 24.3 Å². The van der Waals surface area contributed by atoms with Gasteiger partial charge in [-0.1, -0.05) is 0 Å². The van der Waals surface area contributed by atoms with Crippen LogP contribution in [-0.4, -0.2) is 43.1 Å². The van der Waals surface area contributed by atoms with Gasteiger partial charge in [0.25, 0.3) is 5.91 Å². The number of rotatable bonds is 4. The number of hydrogen-bond donors (Lipinski definition) is 1. The van der Waals surface area contributed by atoms with Crippen LogP contribution >= 0.6 is 11.3 Å². The Morgan fingerprint density at radius 1 is 1.28 bits per heavy atom. The zero-order valence-electron chi connectivity index (χ0n) is 16.0. The Morgan fingerprint density at radius 3 is 2.62 bits per heavy atom. The van der Waals surface area contributed by atoms with Gasteiger partial charge in [0.2, 0.25) is 0 Å². The minimum Gasteiger partial charge on any atom is -0.462 e. The molecule has 9 heteroatoms. The van der Waals surface area contributed by atoms with Crippen molar-refractivity contribution >= 4 is 34.3 Å². The van der Waals surface area contributed by atoms with Crippen LogP contribution in [0.25, 0.3) is 0 Å². The van der Waals surface area contributed by atoms with Crippen molar-refractivity contribution in [2.24, 2.45) is 0 Å². The highest BCUT2D eigenvalue weighted by Crippen LogP contribution is 2.38. The highest BCUT2D eigenvalue weighted by Gasteiger charge is 2.31. The fourth-order valence-corrected chi connectivity index (χ4v) is 4.31. The number of nitriles is 1. The molecule has 1 aliphatic rings. The summed E-state index contributed by atoms with van der Waals surface area (Å²) in [7, 11) is 1.32. The maximum absolute atomic E-state index is 12.7. The van der Waals surface area contributed by atoms with Gasteiger partial charge in [0.15, 0.2) is 0 Å². The Hall–Kier alpha value is -3.38. The highest BCUT2D eigenvalue weighted by molar-refractivity contribution is 7.17. The van der Waals surface area contributed by atoms with Gasteiger partial charge in [0.05, 0.1) is 37.5 Å². The summed E-state index contributed by atoms with van der Waals surface area (Å²) >= 11 is 1.24. The number of nitrogens with zero attached hydrogens (tertiary/aromatic N) is 2. The van der Waals surface area contributed by atoms with Crippen LogP contribution in [0, 0.1) is 11.3 Å². The second-order valence-corrected chi connectivity index (χ2v) is 7.32. The van der Waals surface area contributed by atoms with Crippen LogP contribution in [0.2, 0.25) is 0 Å². The number of nitrogens with one attached hydrogen (secondary N) is 1. The van der Waals surface area contributed by atoms with Crippen molar-refractivity contribution in [2.75, 3.05) is 25.6 Å². The highest BCUT2D eigenvalue weighted by atomic mass is 32.1. The van der Waals surface area contributed by atoms with E-state index >= 15 is 0 Å². The van der Waals surface area contributed by atoms with E-state index in [1.807, 2.05) is 6.07 Å². The number of carbonyl (C=O) groups excluding carboxylic acids is 3. The van der Waals surface area contributed by atoms with Crippen molar-refractivity contribution in [1.82, 2.24) is 4.90 Å². The van der Waals surface area contributed by atoms with E-state index in [-0.39, 0.29) is 6.61 Å². The predicted octanol–water partition coefficient (Wildman–Crippen LogP) is 3.17. The number of carbonyl (C=O) groups is 3. The first-order valence-electron chi connectivity index (χ1n) is 8.94. The van der Waals surface area contributed by atoms with Crippen molar-refractivity contribution < 1.29 is 23.9 Å². The van der Waals surface area contributed by atoms with Gasteiger partial charge < -0.3 is 19.7 Å². The molecule has 1 aliphatic heterocycles. The van der Waals surface area contributed by atoms with Gasteiger partial charge in [-0.3, -0.25) is 4.79 Å². The van der Waals surface area contributed by atoms with E-state index in [0.29, 0.717) is 41.2 Å². The molecule has 0 radical (unpaired) electrons. The number of hydrogen-bond acceptors (Lipinski definition) is 7. The molecular weight excluding hydrogens is 394 g/mol. The van der Waals surface area contributed by atoms with E-state index in [9.17, 15) is 14.4 Å². The summed E-state index contributed by atoms with van der Waals surface area (Å²) in [6.07, 6.45) is 0.0202. The maximum atomic E-state index is 12.7. The third kappa shape index (κ3) is 4.22. The summed E-state index contributed by atoms with van der Waals surface area (Å²) in [5.74, 6) is -0.907. The first kappa shape index (κ1) is 20.4. The first-order chi connectivity index (χ1) is 14.0. The number of thiophene rings is 1. The van der Waals surface area contributed by atoms with Crippen molar-refractivity contribution in [3.63, 3.8) is 0 Å². The summed E-state index contributed by atoms with van der Waals surface area (Å²) in [4.78, 5) is 39.4. The Kier molecular flexibility index (Phi) is 6.14. The van der Waals surface area contributed by atoms with Crippen LogP contribution in [0.4, 0.5) is 9.80 Å². The lowest BCUT2D eigenvalue weighted by Gasteiger charge is -2.25. The Bertz CT molecular complexity index is 991. The fourth-order valence-electron chi connectivity index (χ4n) is 3.07. The average Bonchev–Trinajstić information content (AvgIpc) is 3.10. The molecule has 0 spiro atoms. The molecule has 0 aliphatic carbocycles. The largest absolute Gasteiger partial charge is 0.462 e. The van der Waals surface area contributed by atoms with Gasteiger partial charge >= 0.3 is 12.1 Å². The number of ether oxygens (including phenoxy) is 2. The van der Waals surface area contributed by atoms with Gasteiger partial charge in [-0.25, -0.2) is 9.59 Å². The van der Waals surface area contributed by atoms with Gasteiger partial charge in [-0.15, -0.1) is 11.3 Å². The monoisotopic (exact) mass is 413 g/mol. The smallest absolute Gasteiger partial charge is 0.409 e. The van der Waals surface area contributed by atoms with Crippen LogP contribution in [0.1, 0.15) is 43.6 Å². The fraction of sp³-hybridized carbons (Fsp3) is 0.300. The normalized spacial score (nSPS) is 12.5. The van der Waals surface area contributed by atoms with Gasteiger partial charge in [-0.05, 0) is 43.2 Å². The van der Waals surface area contributed by atoms with Gasteiger partial charge in [0.1, 0.15) is 5.00 Å². The quantitative estimate of drug-likeness (QED) is 0.771. The van der Waals surface area contributed by atoms with E-state index in [1.165, 1.54) is 18.4 Å². The molecule has 1 aromatic heterocycles. The lowest BCUT2D eigenvalue weighted by molar-refractivity contribution is 0.0526. The van der Waals surface area contributed by atoms with Crippen molar-refractivity contribution in [3.05, 3.63) is 51.4 Å². The van der Waals surface area contributed by atoms with Crippen molar-refractivity contribution in [1.29, 1.82) is 5.26 Å². The third-order valence-corrected chi connectivity index (χ3v) is 5.60. The predicted molar refractivity (Wildman–Crippen MR) is 106 cm³/mol. The average molecular weight is 413 g/mol. The zero-order chi connectivity index (χ0) is 21.0. The van der Waals surface area contributed by atoms with Crippen LogP contribution in [-0.2, 0) is 22.4 Å². The summed E-state index contributed by atoms with van der Waals surface area (Å²) in [6.45, 7) is 2.63. The molecule has 0 saturated heterocycles. The third-order valence-electron chi connectivity index (χ3n) is 4.47. The molecule has 1 N–H and O–H groups in total. The summed E-state index contributed by atoms with van der Waals surface area (Å²) in [5, 5.41) is 12.0. The molecule has 0 atom stereocenters. The van der Waals surface area contributed by atoms with Crippen LogP contribution < -0.4 is 5.32 Å². The zero-order valence-corrected chi connectivity index (χ0v) is 16.8. The van der Waals surface area contributed by atoms with Crippen molar-refractivity contribution in [2.45, 2.75) is 19.9 Å². The Balaban J connectivity index is 1.91. The molecule has 1 aromatic carbocycles. The number of fused-ring (bicyclic) bond motifs is 1. The molecule has 0 bridgehead atoms. The van der Waals surface area contributed by atoms with Crippen LogP contribution in [0.3, 0.4) is 0 Å². The first-order valence-corrected chi connectivity index (χ1v) is 9.76. The van der Waals surface area contributed by atoms with Crippen molar-refractivity contribution in [3.8, 4) is 6.07 Å². The molecule has 2 heterocycles. The minimum absolute atomic E-state index is 0.209. The molecule has 3 rings (SSSR count). The molecule has 0 fully saturated rings. The van der Waals surface area contributed by atoms with Crippen LogP contribution in [0.5, 0.6) is 0 Å². The van der Waals surface area contributed by atoms with E-state index in [4.69, 9.17) is 14.7 Å². The Labute approximate surface area is 171 Å². The number of benzene rings is 1. The molecule has 2 aromatic rings. The van der Waals surface area contributed by atoms with Gasteiger partial charge in [-0.2, -0.15) is 5.26 Å². The molecule has 29 heavy (non-hydrogen) atoms. The molecule has 150 valence electrons. The lowest BCUT2D eigenvalue weighted by atomic mass is 10.0. The number of amides is 2. The second-order valence-electron chi connectivity index (χ2n) is 6.21. The van der Waals surface area contributed by atoms with Gasteiger partial charge in [0, 0.05) is 17.0 Å². The lowest BCUT2D eigenvalue weighted by Crippen LogP contribution is -2.35. The summed E-state index contributed by atoms with van der Waals surface area (Å²) in [6, 6.07) is 8.19. The minimum atomic E-state index is -0.508. The molecule has 0 saturated carbocycles. The molecular formula is C20H19N3O5S. The van der Waals surface area contributed by atoms with E-state index in [0.717, 1.165) is 10.4 Å². The van der Waals surface area contributed by atoms with E-state index < -0.39 is 18.0 Å².